The lowest BCUT2D eigenvalue weighted by atomic mass is 10.2. The number of nitro benzene ring substituents is 1. The minimum atomic E-state index is -0.730. The van der Waals surface area contributed by atoms with Crippen LogP contribution in [0.4, 0.5) is 5.69 Å². The fourth-order valence-corrected chi connectivity index (χ4v) is 1.20. The van der Waals surface area contributed by atoms with Gasteiger partial charge in [-0.25, -0.2) is 0 Å². The van der Waals surface area contributed by atoms with Crippen LogP contribution in [0.15, 0.2) is 12.1 Å². The van der Waals surface area contributed by atoms with E-state index in [2.05, 4.69) is 0 Å². The molecule has 1 N–H and O–H groups in total. The van der Waals surface area contributed by atoms with Crippen LogP contribution in [-0.4, -0.2) is 16.6 Å². The molecule has 0 amide bonds. The normalized spacial score (nSPS) is 9.86. The predicted molar refractivity (Wildman–Crippen MR) is 50.9 cm³/mol. The molecule has 1 aromatic rings. The number of phenolic OH excluding ortho intramolecular Hbond substituents is 1. The van der Waals surface area contributed by atoms with Crippen molar-refractivity contribution >= 4 is 17.3 Å². The number of hydrogen-bond acceptors (Lipinski definition) is 4. The zero-order chi connectivity index (χ0) is 10.7. The second-order valence-electron chi connectivity index (χ2n) is 2.43. The van der Waals surface area contributed by atoms with Crippen molar-refractivity contribution in [2.75, 3.05) is 6.61 Å². The maximum atomic E-state index is 10.6. The molecule has 0 aliphatic carbocycles. The first-order valence-corrected chi connectivity index (χ1v) is 4.24. The van der Waals surface area contributed by atoms with Gasteiger partial charge in [0.05, 0.1) is 16.6 Å². The number of aromatic hydroxyl groups is 1. The van der Waals surface area contributed by atoms with Crippen molar-refractivity contribution in [1.29, 1.82) is 0 Å². The zero-order valence-electron chi connectivity index (χ0n) is 7.36. The van der Waals surface area contributed by atoms with Crippen molar-refractivity contribution in [3.05, 3.63) is 27.3 Å². The number of halogens is 1. The van der Waals surface area contributed by atoms with Crippen LogP contribution in [0.5, 0.6) is 11.5 Å². The Kier molecular flexibility index (Phi) is 3.14. The third-order valence-electron chi connectivity index (χ3n) is 1.53. The van der Waals surface area contributed by atoms with Gasteiger partial charge in [-0.1, -0.05) is 11.6 Å². The summed E-state index contributed by atoms with van der Waals surface area (Å²) in [5.74, 6) is -0.554. The monoisotopic (exact) mass is 217 g/mol. The third-order valence-corrected chi connectivity index (χ3v) is 1.83. The summed E-state index contributed by atoms with van der Waals surface area (Å²) in [7, 11) is 0. The molecule has 0 unspecified atom stereocenters. The lowest BCUT2D eigenvalue weighted by molar-refractivity contribution is -0.386. The largest absolute Gasteiger partial charge is 0.502 e. The molecule has 0 saturated carbocycles. The summed E-state index contributed by atoms with van der Waals surface area (Å²) in [6.07, 6.45) is 0. The molecule has 0 radical (unpaired) electrons. The summed E-state index contributed by atoms with van der Waals surface area (Å²) < 4.78 is 4.98. The van der Waals surface area contributed by atoms with Gasteiger partial charge in [-0.15, -0.1) is 0 Å². The molecule has 1 rings (SSSR count). The molecule has 0 atom stereocenters. The number of hydrogen-bond donors (Lipinski definition) is 1. The van der Waals surface area contributed by atoms with Crippen molar-refractivity contribution < 1.29 is 14.8 Å². The molecule has 0 aliphatic rings. The number of ether oxygens (including phenoxy) is 1. The SMILES string of the molecule is CCOc1c(Cl)ccc(O)c1[N+](=O)[O-]. The van der Waals surface area contributed by atoms with E-state index in [0.717, 1.165) is 6.07 Å². The maximum absolute atomic E-state index is 10.6. The van der Waals surface area contributed by atoms with Crippen LogP contribution < -0.4 is 4.74 Å². The average molecular weight is 218 g/mol. The minimum absolute atomic E-state index is 0.0980. The quantitative estimate of drug-likeness (QED) is 0.623. The topological polar surface area (TPSA) is 72.6 Å². The number of rotatable bonds is 3. The molecule has 14 heavy (non-hydrogen) atoms. The molecule has 6 heteroatoms. The highest BCUT2D eigenvalue weighted by Crippen LogP contribution is 2.41. The van der Waals surface area contributed by atoms with Gasteiger partial charge in [0, 0.05) is 0 Å². The molecule has 0 heterocycles. The van der Waals surface area contributed by atoms with Gasteiger partial charge < -0.3 is 9.84 Å². The molecule has 0 fully saturated rings. The Morgan fingerprint density at radius 2 is 2.29 bits per heavy atom. The molecule has 76 valence electrons. The van der Waals surface area contributed by atoms with Crippen LogP contribution in [0.2, 0.25) is 5.02 Å². The van der Waals surface area contributed by atoms with E-state index in [-0.39, 0.29) is 17.4 Å². The van der Waals surface area contributed by atoms with Gasteiger partial charge in [0.1, 0.15) is 0 Å². The molecule has 0 spiro atoms. The first kappa shape index (κ1) is 10.6. The van der Waals surface area contributed by atoms with Gasteiger partial charge >= 0.3 is 5.69 Å². The van der Waals surface area contributed by atoms with Gasteiger partial charge in [-0.2, -0.15) is 0 Å². The van der Waals surface area contributed by atoms with E-state index in [0.29, 0.717) is 0 Å². The highest BCUT2D eigenvalue weighted by molar-refractivity contribution is 6.32. The van der Waals surface area contributed by atoms with E-state index in [9.17, 15) is 15.2 Å². The minimum Gasteiger partial charge on any atom is -0.502 e. The smallest absolute Gasteiger partial charge is 0.353 e. The first-order chi connectivity index (χ1) is 6.57. The van der Waals surface area contributed by atoms with Crippen molar-refractivity contribution in [2.24, 2.45) is 0 Å². The molecule has 0 bridgehead atoms. The highest BCUT2D eigenvalue weighted by Gasteiger charge is 2.23. The molecule has 1 aromatic carbocycles. The second-order valence-corrected chi connectivity index (χ2v) is 2.84. The summed E-state index contributed by atoms with van der Waals surface area (Å²) >= 11 is 5.68. The fraction of sp³-hybridized carbons (Fsp3) is 0.250. The molecule has 0 saturated heterocycles. The molecule has 5 nitrogen and oxygen atoms in total. The molecule has 0 aromatic heterocycles. The Labute approximate surface area is 85.0 Å². The number of nitrogens with zero attached hydrogens (tertiary/aromatic N) is 1. The van der Waals surface area contributed by atoms with Crippen molar-refractivity contribution in [2.45, 2.75) is 6.92 Å². The van der Waals surface area contributed by atoms with Crippen LogP contribution >= 0.6 is 11.6 Å². The highest BCUT2D eigenvalue weighted by atomic mass is 35.5. The Balaban J connectivity index is 3.33. The standard InChI is InChI=1S/C8H8ClNO4/c1-2-14-8-5(9)3-4-6(11)7(8)10(12)13/h3-4,11H,2H2,1H3. The fourth-order valence-electron chi connectivity index (χ4n) is 0.994. The zero-order valence-corrected chi connectivity index (χ0v) is 8.11. The van der Waals surface area contributed by atoms with Gasteiger partial charge in [-0.05, 0) is 19.1 Å². The number of nitro groups is 1. The average Bonchev–Trinajstić information content (AvgIpc) is 2.11. The Hall–Kier alpha value is -1.49. The number of benzene rings is 1. The van der Waals surface area contributed by atoms with Crippen LogP contribution in [0.1, 0.15) is 6.92 Å². The van der Waals surface area contributed by atoms with Crippen LogP contribution in [0.25, 0.3) is 0 Å². The summed E-state index contributed by atoms with van der Waals surface area (Å²) in [5.41, 5.74) is -0.501. The van der Waals surface area contributed by atoms with Gasteiger partial charge in [-0.3, -0.25) is 10.1 Å². The van der Waals surface area contributed by atoms with E-state index in [4.69, 9.17) is 16.3 Å². The summed E-state index contributed by atoms with van der Waals surface area (Å²) in [6, 6.07) is 2.50. The van der Waals surface area contributed by atoms with Crippen LogP contribution in [-0.2, 0) is 0 Å². The summed E-state index contributed by atoms with van der Waals surface area (Å²) in [5, 5.41) is 19.9. The van der Waals surface area contributed by atoms with E-state index >= 15 is 0 Å². The third kappa shape index (κ3) is 1.88. The Morgan fingerprint density at radius 1 is 1.64 bits per heavy atom. The predicted octanol–water partition coefficient (Wildman–Crippen LogP) is 2.35. The van der Waals surface area contributed by atoms with Crippen molar-refractivity contribution in [1.82, 2.24) is 0 Å². The van der Waals surface area contributed by atoms with E-state index in [1.807, 2.05) is 0 Å². The second kappa shape index (κ2) is 4.15. The summed E-state index contributed by atoms with van der Waals surface area (Å²) in [4.78, 5) is 9.85. The molecular formula is C8H8ClNO4. The molecule has 0 aliphatic heterocycles. The van der Waals surface area contributed by atoms with Crippen LogP contribution in [0, 0.1) is 10.1 Å². The van der Waals surface area contributed by atoms with E-state index in [1.54, 1.807) is 6.92 Å². The Bertz CT molecular complexity index is 367. The molecular weight excluding hydrogens is 210 g/mol. The lowest BCUT2D eigenvalue weighted by Gasteiger charge is -2.06. The Morgan fingerprint density at radius 3 is 2.79 bits per heavy atom. The van der Waals surface area contributed by atoms with Gasteiger partial charge in [0.15, 0.2) is 5.75 Å². The van der Waals surface area contributed by atoms with Gasteiger partial charge in [0.25, 0.3) is 0 Å². The maximum Gasteiger partial charge on any atom is 0.353 e. The van der Waals surface area contributed by atoms with Gasteiger partial charge in [0.2, 0.25) is 5.75 Å². The van der Waals surface area contributed by atoms with E-state index in [1.165, 1.54) is 6.07 Å². The lowest BCUT2D eigenvalue weighted by Crippen LogP contribution is -1.98. The summed E-state index contributed by atoms with van der Waals surface area (Å²) in [6.45, 7) is 1.91. The van der Waals surface area contributed by atoms with Crippen LogP contribution in [0.3, 0.4) is 0 Å². The first-order valence-electron chi connectivity index (χ1n) is 3.86. The van der Waals surface area contributed by atoms with Crippen molar-refractivity contribution in [3.63, 3.8) is 0 Å². The van der Waals surface area contributed by atoms with Crippen molar-refractivity contribution in [3.8, 4) is 11.5 Å². The van der Waals surface area contributed by atoms with E-state index < -0.39 is 16.4 Å². The number of phenols is 1.